The first-order valence-corrected chi connectivity index (χ1v) is 6.73. The lowest BCUT2D eigenvalue weighted by Gasteiger charge is -2.36. The van der Waals surface area contributed by atoms with Gasteiger partial charge in [0.05, 0.1) is 0 Å². The third-order valence-electron chi connectivity index (χ3n) is 4.12. The van der Waals surface area contributed by atoms with Gasteiger partial charge in [-0.25, -0.2) is 0 Å². The van der Waals surface area contributed by atoms with Gasteiger partial charge in [0.2, 0.25) is 0 Å². The van der Waals surface area contributed by atoms with Gasteiger partial charge in [0.25, 0.3) is 0 Å². The van der Waals surface area contributed by atoms with Crippen LogP contribution in [0.2, 0.25) is 0 Å². The largest absolute Gasteiger partial charge is 0.316 e. The Morgan fingerprint density at radius 3 is 3.00 bits per heavy atom. The van der Waals surface area contributed by atoms with E-state index in [1.54, 1.807) is 12.4 Å². The lowest BCUT2D eigenvalue weighted by atomic mass is 9.71. The number of rotatable bonds is 4. The summed E-state index contributed by atoms with van der Waals surface area (Å²) >= 11 is 0. The highest BCUT2D eigenvalue weighted by atomic mass is 16.1. The first-order chi connectivity index (χ1) is 8.60. The van der Waals surface area contributed by atoms with E-state index < -0.39 is 0 Å². The summed E-state index contributed by atoms with van der Waals surface area (Å²) in [5.74, 6) is 0.777. The molecule has 1 aromatic rings. The van der Waals surface area contributed by atoms with E-state index in [0.717, 1.165) is 25.1 Å². The Bertz CT molecular complexity index is 394. The molecule has 18 heavy (non-hydrogen) atoms. The first kappa shape index (κ1) is 13.2. The first-order valence-electron chi connectivity index (χ1n) is 6.73. The molecule has 1 N–H and O–H groups in total. The van der Waals surface area contributed by atoms with Crippen LogP contribution in [0.5, 0.6) is 0 Å². The summed E-state index contributed by atoms with van der Waals surface area (Å²) in [6.45, 7) is 6.22. The van der Waals surface area contributed by atoms with E-state index in [1.165, 1.54) is 6.42 Å². The van der Waals surface area contributed by atoms with Gasteiger partial charge in [-0.1, -0.05) is 19.9 Å². The van der Waals surface area contributed by atoms with E-state index in [0.29, 0.717) is 18.1 Å². The molecule has 0 amide bonds. The fraction of sp³-hybridized carbons (Fsp3) is 0.600. The van der Waals surface area contributed by atoms with Crippen molar-refractivity contribution in [2.45, 2.75) is 33.1 Å². The average molecular weight is 246 g/mol. The van der Waals surface area contributed by atoms with E-state index in [-0.39, 0.29) is 5.41 Å². The molecule has 1 fully saturated rings. The van der Waals surface area contributed by atoms with Crippen molar-refractivity contribution in [2.24, 2.45) is 11.3 Å². The third-order valence-corrected chi connectivity index (χ3v) is 4.12. The summed E-state index contributed by atoms with van der Waals surface area (Å²) in [5.41, 5.74) is 0.767. The van der Waals surface area contributed by atoms with Crippen LogP contribution < -0.4 is 5.32 Å². The van der Waals surface area contributed by atoms with Gasteiger partial charge >= 0.3 is 0 Å². The highest BCUT2D eigenvalue weighted by Gasteiger charge is 2.36. The Morgan fingerprint density at radius 1 is 1.56 bits per heavy atom. The standard InChI is InChI=1S/C15H22N2O/c1-15(2,13-6-4-8-17-11-13)14(18)9-12-5-3-7-16-10-12/h3,5,7,10,13,17H,4,6,8-9,11H2,1-2H3. The molecule has 0 radical (unpaired) electrons. The number of carbonyl (C=O) groups excluding carboxylic acids is 1. The third kappa shape index (κ3) is 2.96. The van der Waals surface area contributed by atoms with Crippen LogP contribution in [0, 0.1) is 11.3 Å². The lowest BCUT2D eigenvalue weighted by molar-refractivity contribution is -0.129. The molecule has 3 heteroatoms. The summed E-state index contributed by atoms with van der Waals surface area (Å²) in [7, 11) is 0. The van der Waals surface area contributed by atoms with Crippen molar-refractivity contribution in [3.63, 3.8) is 0 Å². The molecule has 1 aliphatic rings. The Morgan fingerprint density at radius 2 is 2.39 bits per heavy atom. The molecule has 2 heterocycles. The van der Waals surface area contributed by atoms with Crippen LogP contribution in [0.4, 0.5) is 0 Å². The van der Waals surface area contributed by atoms with Gasteiger partial charge in [-0.3, -0.25) is 9.78 Å². The van der Waals surface area contributed by atoms with Crippen molar-refractivity contribution >= 4 is 5.78 Å². The summed E-state index contributed by atoms with van der Waals surface area (Å²) in [4.78, 5) is 16.5. The minimum Gasteiger partial charge on any atom is -0.316 e. The molecule has 1 atom stereocenters. The van der Waals surface area contributed by atoms with Crippen LogP contribution in [-0.2, 0) is 11.2 Å². The maximum atomic E-state index is 12.5. The lowest BCUT2D eigenvalue weighted by Crippen LogP contribution is -2.43. The van der Waals surface area contributed by atoms with Gasteiger partial charge in [-0.05, 0) is 43.5 Å². The number of ketones is 1. The summed E-state index contributed by atoms with van der Waals surface area (Å²) in [5, 5.41) is 3.40. The normalized spacial score (nSPS) is 20.7. The Balaban J connectivity index is 2.02. The van der Waals surface area contributed by atoms with Gasteiger partial charge in [-0.2, -0.15) is 0 Å². The van der Waals surface area contributed by atoms with E-state index >= 15 is 0 Å². The molecule has 0 aliphatic carbocycles. The average Bonchev–Trinajstić information content (AvgIpc) is 2.41. The smallest absolute Gasteiger partial charge is 0.143 e. The molecule has 2 rings (SSSR count). The number of piperidine rings is 1. The molecule has 0 aromatic carbocycles. The van der Waals surface area contributed by atoms with Crippen LogP contribution in [0.1, 0.15) is 32.3 Å². The van der Waals surface area contributed by atoms with E-state index in [4.69, 9.17) is 0 Å². The Kier molecular flexibility index (Phi) is 4.12. The van der Waals surface area contributed by atoms with Gasteiger partial charge in [-0.15, -0.1) is 0 Å². The minimum absolute atomic E-state index is 0.247. The summed E-state index contributed by atoms with van der Waals surface area (Å²) in [6.07, 6.45) is 6.35. The number of pyridine rings is 1. The zero-order valence-corrected chi connectivity index (χ0v) is 11.3. The monoisotopic (exact) mass is 246 g/mol. The van der Waals surface area contributed by atoms with Gasteiger partial charge < -0.3 is 5.32 Å². The Hall–Kier alpha value is -1.22. The molecule has 0 bridgehead atoms. The van der Waals surface area contributed by atoms with Gasteiger partial charge in [0, 0.05) is 24.2 Å². The number of hydrogen-bond acceptors (Lipinski definition) is 3. The molecule has 1 saturated heterocycles. The van der Waals surface area contributed by atoms with Gasteiger partial charge in [0.15, 0.2) is 0 Å². The maximum Gasteiger partial charge on any atom is 0.143 e. The molecule has 1 aliphatic heterocycles. The second-order valence-corrected chi connectivity index (χ2v) is 5.73. The molecule has 98 valence electrons. The van der Waals surface area contributed by atoms with Crippen molar-refractivity contribution in [3.05, 3.63) is 30.1 Å². The number of aromatic nitrogens is 1. The summed E-state index contributed by atoms with van der Waals surface area (Å²) < 4.78 is 0. The quantitative estimate of drug-likeness (QED) is 0.885. The van der Waals surface area contributed by atoms with Crippen molar-refractivity contribution in [2.75, 3.05) is 13.1 Å². The van der Waals surface area contributed by atoms with Crippen molar-refractivity contribution < 1.29 is 4.79 Å². The van der Waals surface area contributed by atoms with Crippen LogP contribution in [0.25, 0.3) is 0 Å². The Labute approximate surface area is 109 Å². The predicted octanol–water partition coefficient (Wildman–Crippen LogP) is 2.22. The van der Waals surface area contributed by atoms with Crippen LogP contribution >= 0.6 is 0 Å². The number of nitrogens with zero attached hydrogens (tertiary/aromatic N) is 1. The molecule has 1 unspecified atom stereocenters. The zero-order valence-electron chi connectivity index (χ0n) is 11.3. The maximum absolute atomic E-state index is 12.5. The van der Waals surface area contributed by atoms with Gasteiger partial charge in [0.1, 0.15) is 5.78 Å². The number of nitrogens with one attached hydrogen (secondary N) is 1. The SMILES string of the molecule is CC(C)(C(=O)Cc1cccnc1)C1CCCNC1. The highest BCUT2D eigenvalue weighted by molar-refractivity contribution is 5.86. The van der Waals surface area contributed by atoms with Crippen LogP contribution in [0.3, 0.4) is 0 Å². The second kappa shape index (κ2) is 5.61. The molecule has 0 saturated carbocycles. The van der Waals surface area contributed by atoms with E-state index in [2.05, 4.69) is 24.1 Å². The van der Waals surface area contributed by atoms with Crippen LogP contribution in [-0.4, -0.2) is 23.9 Å². The van der Waals surface area contributed by atoms with Crippen LogP contribution in [0.15, 0.2) is 24.5 Å². The molecular weight excluding hydrogens is 224 g/mol. The number of Topliss-reactive ketones (excluding diaryl/α,β-unsaturated/α-hetero) is 1. The topological polar surface area (TPSA) is 42.0 Å². The molecule has 3 nitrogen and oxygen atoms in total. The second-order valence-electron chi connectivity index (χ2n) is 5.73. The van der Waals surface area contributed by atoms with E-state index in [9.17, 15) is 4.79 Å². The molecule has 0 spiro atoms. The van der Waals surface area contributed by atoms with Crippen molar-refractivity contribution in [3.8, 4) is 0 Å². The zero-order chi connectivity index (χ0) is 13.0. The fourth-order valence-electron chi connectivity index (χ4n) is 2.61. The predicted molar refractivity (Wildman–Crippen MR) is 72.3 cm³/mol. The van der Waals surface area contributed by atoms with Crippen molar-refractivity contribution in [1.82, 2.24) is 10.3 Å². The fourth-order valence-corrected chi connectivity index (χ4v) is 2.61. The highest BCUT2D eigenvalue weighted by Crippen LogP contribution is 2.33. The van der Waals surface area contributed by atoms with Crippen molar-refractivity contribution in [1.29, 1.82) is 0 Å². The van der Waals surface area contributed by atoms with E-state index in [1.807, 2.05) is 12.1 Å². The summed E-state index contributed by atoms with van der Waals surface area (Å²) in [6, 6.07) is 3.86. The molecule has 1 aromatic heterocycles. The number of hydrogen-bond donors (Lipinski definition) is 1. The molecular formula is C15H22N2O. The number of carbonyl (C=O) groups is 1. The minimum atomic E-state index is -0.247.